The number of nitrogens with zero attached hydrogens (tertiary/aromatic N) is 1. The number of amides is 2. The first-order chi connectivity index (χ1) is 6.07. The van der Waals surface area contributed by atoms with Crippen molar-refractivity contribution in [2.75, 3.05) is 12.5 Å². The largest absolute Gasteiger partial charge is 0.447 e. The highest BCUT2D eigenvalue weighted by molar-refractivity contribution is 6.28. The molecule has 0 bridgehead atoms. The van der Waals surface area contributed by atoms with E-state index in [4.69, 9.17) is 16.3 Å². The molecule has 1 heterocycles. The van der Waals surface area contributed by atoms with Crippen LogP contribution in [0.4, 0.5) is 4.79 Å². The molecule has 1 rings (SSSR count). The van der Waals surface area contributed by atoms with Crippen molar-refractivity contribution in [3.8, 4) is 0 Å². The molecular formula is C8H12ClNO3. The summed E-state index contributed by atoms with van der Waals surface area (Å²) in [6.45, 7) is 4.14. The SMILES string of the molecule is CC(C)[C@@H]1COC(=O)N1C(=O)CCl. The van der Waals surface area contributed by atoms with Crippen LogP contribution < -0.4 is 0 Å². The van der Waals surface area contributed by atoms with Crippen molar-refractivity contribution in [3.63, 3.8) is 0 Å². The normalized spacial score (nSPS) is 22.3. The lowest BCUT2D eigenvalue weighted by molar-refractivity contribution is -0.127. The minimum Gasteiger partial charge on any atom is -0.447 e. The molecule has 4 nitrogen and oxygen atoms in total. The number of ether oxygens (including phenoxy) is 1. The third-order valence-electron chi connectivity index (χ3n) is 2.06. The third-order valence-corrected chi connectivity index (χ3v) is 2.29. The molecule has 0 aromatic carbocycles. The molecule has 0 N–H and O–H groups in total. The Balaban J connectivity index is 2.77. The van der Waals surface area contributed by atoms with Crippen molar-refractivity contribution in [1.82, 2.24) is 4.90 Å². The molecule has 1 fully saturated rings. The van der Waals surface area contributed by atoms with E-state index in [1.807, 2.05) is 13.8 Å². The summed E-state index contributed by atoms with van der Waals surface area (Å²) >= 11 is 5.37. The van der Waals surface area contributed by atoms with E-state index in [0.29, 0.717) is 0 Å². The monoisotopic (exact) mass is 205 g/mol. The second-order valence-electron chi connectivity index (χ2n) is 3.29. The van der Waals surface area contributed by atoms with Gasteiger partial charge in [0, 0.05) is 0 Å². The van der Waals surface area contributed by atoms with Crippen LogP contribution in [0, 0.1) is 5.92 Å². The van der Waals surface area contributed by atoms with Crippen LogP contribution in [-0.2, 0) is 9.53 Å². The summed E-state index contributed by atoms with van der Waals surface area (Å²) in [7, 11) is 0. The minimum atomic E-state index is -0.579. The van der Waals surface area contributed by atoms with Crippen LogP contribution in [0.1, 0.15) is 13.8 Å². The van der Waals surface area contributed by atoms with Gasteiger partial charge in [0.2, 0.25) is 5.91 Å². The summed E-state index contributed by atoms with van der Waals surface area (Å²) in [5.74, 6) is -0.375. The summed E-state index contributed by atoms with van der Waals surface area (Å²) in [5.41, 5.74) is 0. The molecule has 1 aliphatic rings. The van der Waals surface area contributed by atoms with E-state index < -0.39 is 6.09 Å². The quantitative estimate of drug-likeness (QED) is 0.637. The molecule has 5 heteroatoms. The van der Waals surface area contributed by atoms with Crippen LogP contribution in [0.15, 0.2) is 0 Å². The lowest BCUT2D eigenvalue weighted by Gasteiger charge is -2.21. The van der Waals surface area contributed by atoms with E-state index in [1.165, 1.54) is 0 Å². The fourth-order valence-corrected chi connectivity index (χ4v) is 1.41. The number of rotatable bonds is 2. The molecule has 1 aliphatic heterocycles. The van der Waals surface area contributed by atoms with Crippen molar-refractivity contribution >= 4 is 23.6 Å². The van der Waals surface area contributed by atoms with Gasteiger partial charge in [-0.1, -0.05) is 13.8 Å². The van der Waals surface area contributed by atoms with Crippen molar-refractivity contribution in [2.24, 2.45) is 5.92 Å². The Hall–Kier alpha value is -0.770. The highest BCUT2D eigenvalue weighted by Crippen LogP contribution is 2.19. The first kappa shape index (κ1) is 10.3. The predicted molar refractivity (Wildman–Crippen MR) is 47.5 cm³/mol. The van der Waals surface area contributed by atoms with Crippen LogP contribution in [0.5, 0.6) is 0 Å². The van der Waals surface area contributed by atoms with Crippen LogP contribution >= 0.6 is 11.6 Å². The first-order valence-corrected chi connectivity index (χ1v) is 4.66. The van der Waals surface area contributed by atoms with Gasteiger partial charge in [0.25, 0.3) is 0 Å². The number of hydrogen-bond donors (Lipinski definition) is 0. The van der Waals surface area contributed by atoms with Gasteiger partial charge in [-0.05, 0) is 5.92 Å². The Morgan fingerprint density at radius 1 is 1.77 bits per heavy atom. The van der Waals surface area contributed by atoms with Crippen LogP contribution in [0.25, 0.3) is 0 Å². The fraction of sp³-hybridized carbons (Fsp3) is 0.750. The molecule has 13 heavy (non-hydrogen) atoms. The van der Waals surface area contributed by atoms with Crippen molar-refractivity contribution < 1.29 is 14.3 Å². The molecule has 0 aliphatic carbocycles. The van der Waals surface area contributed by atoms with Crippen LogP contribution in [-0.4, -0.2) is 35.4 Å². The molecule has 74 valence electrons. The zero-order valence-electron chi connectivity index (χ0n) is 7.62. The average molecular weight is 206 g/mol. The van der Waals surface area contributed by atoms with E-state index in [0.717, 1.165) is 4.90 Å². The second kappa shape index (κ2) is 3.96. The van der Waals surface area contributed by atoms with Gasteiger partial charge in [-0.25, -0.2) is 9.69 Å². The molecular weight excluding hydrogens is 194 g/mol. The number of carbonyl (C=O) groups excluding carboxylic acids is 2. The minimum absolute atomic E-state index is 0.168. The average Bonchev–Trinajstić information content (AvgIpc) is 2.46. The number of cyclic esters (lactones) is 1. The van der Waals surface area contributed by atoms with Gasteiger partial charge < -0.3 is 4.74 Å². The molecule has 0 aromatic heterocycles. The van der Waals surface area contributed by atoms with Gasteiger partial charge in [0.05, 0.1) is 6.04 Å². The van der Waals surface area contributed by atoms with Crippen LogP contribution in [0.3, 0.4) is 0 Å². The number of hydrogen-bond acceptors (Lipinski definition) is 3. The molecule has 0 spiro atoms. The van der Waals surface area contributed by atoms with Crippen LogP contribution in [0.2, 0.25) is 0 Å². The first-order valence-electron chi connectivity index (χ1n) is 4.12. The van der Waals surface area contributed by atoms with Gasteiger partial charge in [-0.3, -0.25) is 4.79 Å². The van der Waals surface area contributed by atoms with E-state index in [-0.39, 0.29) is 30.4 Å². The molecule has 1 saturated heterocycles. The van der Waals surface area contributed by atoms with Crippen molar-refractivity contribution in [1.29, 1.82) is 0 Å². The second-order valence-corrected chi connectivity index (χ2v) is 3.55. The number of halogens is 1. The predicted octanol–water partition coefficient (Wildman–Crippen LogP) is 1.23. The van der Waals surface area contributed by atoms with Gasteiger partial charge in [0.1, 0.15) is 12.5 Å². The smallest absolute Gasteiger partial charge is 0.417 e. The van der Waals surface area contributed by atoms with Gasteiger partial charge >= 0.3 is 6.09 Å². The van der Waals surface area contributed by atoms with E-state index in [2.05, 4.69) is 0 Å². The highest BCUT2D eigenvalue weighted by Gasteiger charge is 2.38. The fourth-order valence-electron chi connectivity index (χ4n) is 1.28. The van der Waals surface area contributed by atoms with E-state index >= 15 is 0 Å². The lowest BCUT2D eigenvalue weighted by atomic mass is 10.0. The Morgan fingerprint density at radius 2 is 2.38 bits per heavy atom. The number of alkyl halides is 1. The summed E-state index contributed by atoms with van der Waals surface area (Å²) in [5, 5.41) is 0. The maximum Gasteiger partial charge on any atom is 0.417 e. The highest BCUT2D eigenvalue weighted by atomic mass is 35.5. The van der Waals surface area contributed by atoms with E-state index in [9.17, 15) is 9.59 Å². The molecule has 0 unspecified atom stereocenters. The maximum atomic E-state index is 11.2. The molecule has 0 saturated carbocycles. The summed E-state index contributed by atoms with van der Waals surface area (Å²) < 4.78 is 4.77. The zero-order valence-corrected chi connectivity index (χ0v) is 8.37. The Bertz CT molecular complexity index is 229. The topological polar surface area (TPSA) is 46.6 Å². The maximum absolute atomic E-state index is 11.2. The summed E-state index contributed by atoms with van der Waals surface area (Å²) in [6.07, 6.45) is -0.579. The number of imide groups is 1. The molecule has 0 aromatic rings. The Kier molecular flexibility index (Phi) is 3.14. The third kappa shape index (κ3) is 1.94. The Morgan fingerprint density at radius 3 is 2.85 bits per heavy atom. The molecule has 0 radical (unpaired) electrons. The van der Waals surface area contributed by atoms with Crippen molar-refractivity contribution in [2.45, 2.75) is 19.9 Å². The number of carbonyl (C=O) groups is 2. The van der Waals surface area contributed by atoms with Gasteiger partial charge in [0.15, 0.2) is 0 Å². The summed E-state index contributed by atoms with van der Waals surface area (Å²) in [6, 6.07) is -0.168. The van der Waals surface area contributed by atoms with Gasteiger partial charge in [-0.2, -0.15) is 0 Å². The van der Waals surface area contributed by atoms with Crippen molar-refractivity contribution in [3.05, 3.63) is 0 Å². The lowest BCUT2D eigenvalue weighted by Crippen LogP contribution is -2.42. The summed E-state index contributed by atoms with van der Waals surface area (Å²) in [4.78, 5) is 23.5. The Labute approximate surface area is 81.8 Å². The van der Waals surface area contributed by atoms with E-state index in [1.54, 1.807) is 0 Å². The molecule has 2 amide bonds. The van der Waals surface area contributed by atoms with Gasteiger partial charge in [-0.15, -0.1) is 11.6 Å². The zero-order chi connectivity index (χ0) is 10.0. The molecule has 1 atom stereocenters. The standard InChI is InChI=1S/C8H12ClNO3/c1-5(2)6-4-13-8(12)10(6)7(11)3-9/h5-6H,3-4H2,1-2H3/t6-/m0/s1.